The molecule has 0 saturated heterocycles. The quantitative estimate of drug-likeness (QED) is 0.670. The van der Waals surface area contributed by atoms with Crippen LogP contribution in [0.3, 0.4) is 0 Å². The summed E-state index contributed by atoms with van der Waals surface area (Å²) in [4.78, 5) is 20.2. The highest BCUT2D eigenvalue weighted by Crippen LogP contribution is 2.18. The van der Waals surface area contributed by atoms with Crippen LogP contribution in [0, 0.1) is 5.82 Å². The molecule has 2 heterocycles. The standard InChI is InChI=1S/C16H14FN5O4S/c1-9(16-21-14(22-26-16)13-4-2-3-7-19-13)20-15(23)11-8-10(27(18,24)25)5-6-12(11)17/h2-9H,1H3,(H,20,23)(H2,18,24,25). The molecule has 9 nitrogen and oxygen atoms in total. The maximum Gasteiger partial charge on any atom is 0.254 e. The lowest BCUT2D eigenvalue weighted by Gasteiger charge is -2.11. The van der Waals surface area contributed by atoms with Crippen molar-refractivity contribution in [2.24, 2.45) is 5.14 Å². The molecule has 1 unspecified atom stereocenters. The van der Waals surface area contributed by atoms with Gasteiger partial charge < -0.3 is 9.84 Å². The van der Waals surface area contributed by atoms with Crippen molar-refractivity contribution >= 4 is 15.9 Å². The van der Waals surface area contributed by atoms with Crippen LogP contribution in [-0.2, 0) is 10.0 Å². The van der Waals surface area contributed by atoms with Crippen molar-refractivity contribution in [2.75, 3.05) is 0 Å². The third-order valence-corrected chi connectivity index (χ3v) is 4.48. The number of nitrogens with two attached hydrogens (primary N) is 1. The molecule has 0 aliphatic carbocycles. The van der Waals surface area contributed by atoms with Crippen molar-refractivity contribution in [3.8, 4) is 11.5 Å². The summed E-state index contributed by atoms with van der Waals surface area (Å²) in [5, 5.41) is 11.3. The number of carbonyl (C=O) groups is 1. The molecule has 0 radical (unpaired) electrons. The molecule has 0 saturated carbocycles. The van der Waals surface area contributed by atoms with Crippen LogP contribution >= 0.6 is 0 Å². The third kappa shape index (κ3) is 4.15. The van der Waals surface area contributed by atoms with E-state index in [2.05, 4.69) is 20.4 Å². The Kier molecular flexibility index (Phi) is 4.97. The maximum atomic E-state index is 13.9. The molecular weight excluding hydrogens is 377 g/mol. The molecule has 3 rings (SSSR count). The van der Waals surface area contributed by atoms with Gasteiger partial charge in [-0.2, -0.15) is 4.98 Å². The lowest BCUT2D eigenvalue weighted by molar-refractivity contribution is 0.0928. The Morgan fingerprint density at radius 1 is 1.30 bits per heavy atom. The van der Waals surface area contributed by atoms with Crippen LogP contribution < -0.4 is 10.5 Å². The van der Waals surface area contributed by atoms with Crippen LogP contribution in [0.5, 0.6) is 0 Å². The normalized spacial score (nSPS) is 12.6. The fourth-order valence-electron chi connectivity index (χ4n) is 2.20. The molecule has 3 N–H and O–H groups in total. The van der Waals surface area contributed by atoms with E-state index in [-0.39, 0.29) is 16.6 Å². The summed E-state index contributed by atoms with van der Waals surface area (Å²) in [5.41, 5.74) is 0.00997. The third-order valence-electron chi connectivity index (χ3n) is 3.56. The molecule has 1 amide bonds. The van der Waals surface area contributed by atoms with Gasteiger partial charge in [-0.25, -0.2) is 17.9 Å². The van der Waals surface area contributed by atoms with E-state index < -0.39 is 33.4 Å². The zero-order valence-electron chi connectivity index (χ0n) is 14.0. The molecule has 140 valence electrons. The largest absolute Gasteiger partial charge is 0.340 e. The van der Waals surface area contributed by atoms with E-state index in [0.29, 0.717) is 5.69 Å². The fraction of sp³-hybridized carbons (Fsp3) is 0.125. The molecule has 0 spiro atoms. The molecule has 1 atom stereocenters. The average molecular weight is 391 g/mol. The predicted molar refractivity (Wildman–Crippen MR) is 91.2 cm³/mol. The molecule has 3 aromatic rings. The monoisotopic (exact) mass is 391 g/mol. The highest BCUT2D eigenvalue weighted by Gasteiger charge is 2.22. The highest BCUT2D eigenvalue weighted by molar-refractivity contribution is 7.89. The number of rotatable bonds is 5. The highest BCUT2D eigenvalue weighted by atomic mass is 32.2. The summed E-state index contributed by atoms with van der Waals surface area (Å²) in [6, 6.07) is 7.10. The van der Waals surface area contributed by atoms with Crippen LogP contribution in [0.2, 0.25) is 0 Å². The lowest BCUT2D eigenvalue weighted by Crippen LogP contribution is -2.28. The number of primary sulfonamides is 1. The fourth-order valence-corrected chi connectivity index (χ4v) is 2.74. The van der Waals surface area contributed by atoms with Crippen molar-refractivity contribution < 1.29 is 22.1 Å². The minimum absolute atomic E-state index is 0.0759. The van der Waals surface area contributed by atoms with Crippen LogP contribution in [0.1, 0.15) is 29.2 Å². The summed E-state index contributed by atoms with van der Waals surface area (Å²) in [5.74, 6) is -1.45. The molecule has 0 aliphatic heterocycles. The number of carbonyl (C=O) groups excluding carboxylic acids is 1. The zero-order chi connectivity index (χ0) is 19.6. The number of pyridine rings is 1. The van der Waals surface area contributed by atoms with Crippen LogP contribution in [0.4, 0.5) is 4.39 Å². The van der Waals surface area contributed by atoms with E-state index in [1.54, 1.807) is 31.3 Å². The van der Waals surface area contributed by atoms with Gasteiger partial charge in [0.25, 0.3) is 5.91 Å². The number of nitrogens with zero attached hydrogens (tertiary/aromatic N) is 3. The summed E-state index contributed by atoms with van der Waals surface area (Å²) in [6.45, 7) is 1.55. The second-order valence-electron chi connectivity index (χ2n) is 5.55. The Morgan fingerprint density at radius 2 is 2.07 bits per heavy atom. The Hall–Kier alpha value is -3.18. The molecule has 1 aromatic carbocycles. The van der Waals surface area contributed by atoms with Crippen molar-refractivity contribution in [1.29, 1.82) is 0 Å². The number of aromatic nitrogens is 3. The van der Waals surface area contributed by atoms with E-state index in [1.165, 1.54) is 0 Å². The van der Waals surface area contributed by atoms with Crippen LogP contribution in [0.25, 0.3) is 11.5 Å². The second-order valence-corrected chi connectivity index (χ2v) is 7.11. The van der Waals surface area contributed by atoms with E-state index in [4.69, 9.17) is 9.66 Å². The molecule has 0 aliphatic rings. The Morgan fingerprint density at radius 3 is 2.74 bits per heavy atom. The van der Waals surface area contributed by atoms with Crippen molar-refractivity contribution in [2.45, 2.75) is 17.9 Å². The number of amides is 1. The summed E-state index contributed by atoms with van der Waals surface area (Å²) in [6.07, 6.45) is 1.57. The van der Waals surface area contributed by atoms with Gasteiger partial charge in [-0.05, 0) is 37.3 Å². The van der Waals surface area contributed by atoms with Gasteiger partial charge in [-0.1, -0.05) is 11.2 Å². The summed E-state index contributed by atoms with van der Waals surface area (Å²) < 4.78 is 41.8. The number of sulfonamides is 1. The van der Waals surface area contributed by atoms with Crippen molar-refractivity contribution in [1.82, 2.24) is 20.4 Å². The Bertz CT molecular complexity index is 1090. The topological polar surface area (TPSA) is 141 Å². The minimum Gasteiger partial charge on any atom is -0.340 e. The van der Waals surface area contributed by atoms with Gasteiger partial charge in [-0.3, -0.25) is 9.78 Å². The Balaban J connectivity index is 1.80. The average Bonchev–Trinajstić information content (AvgIpc) is 3.12. The number of halogens is 1. The molecule has 11 heteroatoms. The smallest absolute Gasteiger partial charge is 0.254 e. The predicted octanol–water partition coefficient (Wildman–Crippen LogP) is 1.41. The number of hydrogen-bond acceptors (Lipinski definition) is 7. The first kappa shape index (κ1) is 18.6. The second kappa shape index (κ2) is 7.21. The van der Waals surface area contributed by atoms with Gasteiger partial charge in [0, 0.05) is 6.20 Å². The first-order chi connectivity index (χ1) is 12.8. The molecule has 0 fully saturated rings. The van der Waals surface area contributed by atoms with Crippen molar-refractivity contribution in [3.05, 3.63) is 59.9 Å². The van der Waals surface area contributed by atoms with E-state index in [0.717, 1.165) is 18.2 Å². The first-order valence-electron chi connectivity index (χ1n) is 7.64. The van der Waals surface area contributed by atoms with Crippen LogP contribution in [0.15, 0.2) is 52.0 Å². The summed E-state index contributed by atoms with van der Waals surface area (Å²) in [7, 11) is -4.08. The Labute approximate surface area is 153 Å². The summed E-state index contributed by atoms with van der Waals surface area (Å²) >= 11 is 0. The van der Waals surface area contributed by atoms with Gasteiger partial charge in [0.15, 0.2) is 0 Å². The van der Waals surface area contributed by atoms with Gasteiger partial charge in [-0.15, -0.1) is 0 Å². The first-order valence-corrected chi connectivity index (χ1v) is 9.18. The number of benzene rings is 1. The van der Waals surface area contributed by atoms with Gasteiger partial charge in [0.2, 0.25) is 21.7 Å². The molecule has 27 heavy (non-hydrogen) atoms. The zero-order valence-corrected chi connectivity index (χ0v) is 14.8. The number of hydrogen-bond donors (Lipinski definition) is 2. The number of nitrogens with one attached hydrogen (secondary N) is 1. The molecule has 2 aromatic heterocycles. The van der Waals surface area contributed by atoms with E-state index >= 15 is 0 Å². The lowest BCUT2D eigenvalue weighted by atomic mass is 10.2. The van der Waals surface area contributed by atoms with Crippen LogP contribution in [-0.4, -0.2) is 29.4 Å². The van der Waals surface area contributed by atoms with E-state index in [9.17, 15) is 17.6 Å². The van der Waals surface area contributed by atoms with Gasteiger partial charge in [0.05, 0.1) is 10.5 Å². The van der Waals surface area contributed by atoms with Gasteiger partial charge in [0.1, 0.15) is 17.6 Å². The van der Waals surface area contributed by atoms with E-state index in [1.807, 2.05) is 0 Å². The molecular formula is C16H14FN5O4S. The SMILES string of the molecule is CC(NC(=O)c1cc(S(N)(=O)=O)ccc1F)c1nc(-c2ccccn2)no1. The minimum atomic E-state index is -4.08. The van der Waals surface area contributed by atoms with Gasteiger partial charge >= 0.3 is 0 Å². The maximum absolute atomic E-state index is 13.9. The molecule has 0 bridgehead atoms. The van der Waals surface area contributed by atoms with Crippen molar-refractivity contribution in [3.63, 3.8) is 0 Å².